The Bertz CT molecular complexity index is 493. The van der Waals surface area contributed by atoms with Gasteiger partial charge < -0.3 is 9.64 Å². The molecule has 0 N–H and O–H groups in total. The molecule has 112 valence electrons. The average molecular weight is 280 g/mol. The van der Waals surface area contributed by atoms with Crippen molar-refractivity contribution in [2.24, 2.45) is 4.99 Å². The van der Waals surface area contributed by atoms with Gasteiger partial charge in [0.15, 0.2) is 0 Å². The summed E-state index contributed by atoms with van der Waals surface area (Å²) in [5, 5.41) is 0. The van der Waals surface area contributed by atoms with Crippen LogP contribution in [-0.2, 0) is 0 Å². The number of aliphatic imine (C=N–C) groups is 1. The monoisotopic (exact) mass is 280 g/mol. The molecule has 0 saturated heterocycles. The lowest BCUT2D eigenvalue weighted by molar-refractivity contribution is 0.412. The van der Waals surface area contributed by atoms with Crippen LogP contribution >= 0.6 is 0 Å². The summed E-state index contributed by atoms with van der Waals surface area (Å²) in [5.41, 5.74) is 2.55. The van der Waals surface area contributed by atoms with Gasteiger partial charge in [-0.25, -0.2) is 4.39 Å². The molecule has 0 aromatic heterocycles. The van der Waals surface area contributed by atoms with E-state index in [1.807, 2.05) is 27.9 Å². The van der Waals surface area contributed by atoms with E-state index in [1.165, 1.54) is 12.1 Å². The van der Waals surface area contributed by atoms with Crippen molar-refractivity contribution >= 4 is 5.71 Å². The summed E-state index contributed by atoms with van der Waals surface area (Å²) in [6.07, 6.45) is 1.81. The lowest BCUT2D eigenvalue weighted by Gasteiger charge is -2.09. The molecule has 0 spiro atoms. The number of hydrogen-bond acceptors (Lipinski definition) is 3. The van der Waals surface area contributed by atoms with Gasteiger partial charge in [0, 0.05) is 24.0 Å². The molecule has 1 rings (SSSR count). The molecule has 1 aromatic carbocycles. The van der Waals surface area contributed by atoms with E-state index in [-0.39, 0.29) is 13.2 Å². The fourth-order valence-electron chi connectivity index (χ4n) is 1.78. The van der Waals surface area contributed by atoms with Gasteiger partial charge in [-0.05, 0) is 51.7 Å². The topological polar surface area (TPSA) is 24.8 Å². The van der Waals surface area contributed by atoms with Gasteiger partial charge in [0.25, 0.3) is 0 Å². The van der Waals surface area contributed by atoms with Crippen LogP contribution in [0.3, 0.4) is 0 Å². The number of methoxy groups -OCH3 is 1. The molecule has 1 aromatic rings. The first kappa shape index (κ1) is 18.3. The van der Waals surface area contributed by atoms with Gasteiger partial charge in [0.1, 0.15) is 11.6 Å². The Hall–Kier alpha value is -1.68. The lowest BCUT2D eigenvalue weighted by Crippen LogP contribution is -2.13. The zero-order valence-electron chi connectivity index (χ0n) is 12.2. The van der Waals surface area contributed by atoms with Crippen LogP contribution in [0.2, 0.25) is 0 Å². The van der Waals surface area contributed by atoms with Crippen molar-refractivity contribution in [3.63, 3.8) is 0 Å². The van der Waals surface area contributed by atoms with Crippen LogP contribution in [0.25, 0.3) is 0 Å². The van der Waals surface area contributed by atoms with Crippen molar-refractivity contribution in [2.45, 2.75) is 21.3 Å². The van der Waals surface area contributed by atoms with Crippen molar-refractivity contribution in [3.8, 4) is 5.75 Å². The van der Waals surface area contributed by atoms with Gasteiger partial charge in [-0.15, -0.1) is 0 Å². The van der Waals surface area contributed by atoms with E-state index in [4.69, 9.17) is 4.74 Å². The molecule has 0 aliphatic heterocycles. The quantitative estimate of drug-likeness (QED) is 0.767. The fraction of sp³-hybridized carbons (Fsp3) is 0.438. The SMILES string of the molecule is C.COc1ccc(F)cc1C(C)=N/C=C(\C)CN(C)C. The predicted molar refractivity (Wildman–Crippen MR) is 84.2 cm³/mol. The summed E-state index contributed by atoms with van der Waals surface area (Å²) in [6.45, 7) is 4.70. The third kappa shape index (κ3) is 5.53. The minimum absolute atomic E-state index is 0. The van der Waals surface area contributed by atoms with E-state index in [2.05, 4.69) is 9.89 Å². The standard InChI is InChI=1S/C15H21FN2O.CH4/c1-11(10-18(3)4)9-17-12(2)14-8-13(16)6-7-15(14)19-5;/h6-9H,10H2,1-5H3;1H4/b11-9+,17-12?;. The summed E-state index contributed by atoms with van der Waals surface area (Å²) in [6, 6.07) is 4.43. The summed E-state index contributed by atoms with van der Waals surface area (Å²) in [5.74, 6) is 0.334. The summed E-state index contributed by atoms with van der Waals surface area (Å²) in [7, 11) is 5.57. The molecular weight excluding hydrogens is 255 g/mol. The van der Waals surface area contributed by atoms with Crippen LogP contribution in [-0.4, -0.2) is 38.4 Å². The number of rotatable bonds is 5. The van der Waals surface area contributed by atoms with Crippen LogP contribution in [0.1, 0.15) is 26.8 Å². The number of likely N-dealkylation sites (N-methyl/N-ethyl adjacent to an activating group) is 1. The number of hydrogen-bond donors (Lipinski definition) is 0. The summed E-state index contributed by atoms with van der Waals surface area (Å²) in [4.78, 5) is 6.45. The molecule has 0 unspecified atom stereocenters. The van der Waals surface area contributed by atoms with Gasteiger partial charge in [-0.3, -0.25) is 4.99 Å². The van der Waals surface area contributed by atoms with E-state index in [0.717, 1.165) is 17.8 Å². The van der Waals surface area contributed by atoms with E-state index in [1.54, 1.807) is 19.4 Å². The zero-order chi connectivity index (χ0) is 14.4. The summed E-state index contributed by atoms with van der Waals surface area (Å²) < 4.78 is 18.5. The van der Waals surface area contributed by atoms with Gasteiger partial charge in [-0.2, -0.15) is 0 Å². The second kappa shape index (κ2) is 8.48. The maximum atomic E-state index is 13.3. The number of ether oxygens (including phenoxy) is 1. The summed E-state index contributed by atoms with van der Waals surface area (Å²) >= 11 is 0. The van der Waals surface area contributed by atoms with Crippen LogP contribution in [0, 0.1) is 5.82 Å². The second-order valence-corrected chi connectivity index (χ2v) is 4.77. The highest BCUT2D eigenvalue weighted by Gasteiger charge is 2.07. The minimum Gasteiger partial charge on any atom is -0.496 e. The van der Waals surface area contributed by atoms with Crippen molar-refractivity contribution < 1.29 is 9.13 Å². The highest BCUT2D eigenvalue weighted by atomic mass is 19.1. The molecule has 0 atom stereocenters. The Morgan fingerprint density at radius 3 is 2.55 bits per heavy atom. The molecule has 0 bridgehead atoms. The first-order chi connectivity index (χ1) is 8.93. The number of benzene rings is 1. The molecule has 0 aliphatic rings. The van der Waals surface area contributed by atoms with Crippen LogP contribution in [0.5, 0.6) is 5.75 Å². The smallest absolute Gasteiger partial charge is 0.128 e. The Labute approximate surface area is 121 Å². The van der Waals surface area contributed by atoms with E-state index >= 15 is 0 Å². The molecule has 0 radical (unpaired) electrons. The highest BCUT2D eigenvalue weighted by Crippen LogP contribution is 2.20. The molecule has 0 fully saturated rings. The zero-order valence-corrected chi connectivity index (χ0v) is 12.2. The number of nitrogens with zero attached hydrogens (tertiary/aromatic N) is 2. The molecular formula is C16H25FN2O. The van der Waals surface area contributed by atoms with E-state index in [0.29, 0.717) is 11.3 Å². The molecule has 0 amide bonds. The van der Waals surface area contributed by atoms with Crippen LogP contribution < -0.4 is 4.74 Å². The Kier molecular flexibility index (Phi) is 7.77. The van der Waals surface area contributed by atoms with E-state index in [9.17, 15) is 4.39 Å². The molecule has 20 heavy (non-hydrogen) atoms. The largest absolute Gasteiger partial charge is 0.496 e. The second-order valence-electron chi connectivity index (χ2n) is 4.77. The van der Waals surface area contributed by atoms with Gasteiger partial charge >= 0.3 is 0 Å². The third-order valence-electron chi connectivity index (χ3n) is 2.60. The molecule has 0 heterocycles. The van der Waals surface area contributed by atoms with Crippen LogP contribution in [0.4, 0.5) is 4.39 Å². The van der Waals surface area contributed by atoms with Gasteiger partial charge in [0.2, 0.25) is 0 Å². The Morgan fingerprint density at radius 1 is 1.35 bits per heavy atom. The average Bonchev–Trinajstić information content (AvgIpc) is 2.35. The van der Waals surface area contributed by atoms with Crippen LogP contribution in [0.15, 0.2) is 35.0 Å². The van der Waals surface area contributed by atoms with E-state index < -0.39 is 0 Å². The first-order valence-electron chi connectivity index (χ1n) is 6.12. The maximum absolute atomic E-state index is 13.3. The minimum atomic E-state index is -0.292. The maximum Gasteiger partial charge on any atom is 0.128 e. The molecule has 0 saturated carbocycles. The molecule has 3 nitrogen and oxygen atoms in total. The Balaban J connectivity index is 0.00000361. The van der Waals surface area contributed by atoms with Gasteiger partial charge in [0.05, 0.1) is 7.11 Å². The highest BCUT2D eigenvalue weighted by molar-refractivity contribution is 6.01. The van der Waals surface area contributed by atoms with Crippen molar-refractivity contribution in [1.82, 2.24) is 4.90 Å². The third-order valence-corrected chi connectivity index (χ3v) is 2.60. The Morgan fingerprint density at radius 2 is 2.00 bits per heavy atom. The van der Waals surface area contributed by atoms with Crippen molar-refractivity contribution in [2.75, 3.05) is 27.7 Å². The lowest BCUT2D eigenvalue weighted by atomic mass is 10.1. The van der Waals surface area contributed by atoms with Crippen molar-refractivity contribution in [3.05, 3.63) is 41.4 Å². The normalized spacial score (nSPS) is 12.3. The number of halogens is 1. The fourth-order valence-corrected chi connectivity index (χ4v) is 1.78. The molecule has 0 aliphatic carbocycles. The molecule has 4 heteroatoms. The van der Waals surface area contributed by atoms with Gasteiger partial charge in [-0.1, -0.05) is 7.43 Å². The van der Waals surface area contributed by atoms with Crippen molar-refractivity contribution in [1.29, 1.82) is 0 Å². The first-order valence-corrected chi connectivity index (χ1v) is 6.12. The predicted octanol–water partition coefficient (Wildman–Crippen LogP) is 3.74.